The molecule has 0 aliphatic carbocycles. The van der Waals surface area contributed by atoms with Crippen molar-refractivity contribution in [3.8, 4) is 0 Å². The Morgan fingerprint density at radius 3 is 2.58 bits per heavy atom. The highest BCUT2D eigenvalue weighted by Gasteiger charge is 2.25. The number of aliphatic carboxylic acids is 1. The summed E-state index contributed by atoms with van der Waals surface area (Å²) in [6.07, 6.45) is 3.38. The summed E-state index contributed by atoms with van der Waals surface area (Å²) in [6, 6.07) is 0.0470. The maximum Gasteiger partial charge on any atom is 0.329 e. The highest BCUT2D eigenvalue weighted by Crippen LogP contribution is 2.15. The normalized spacial score (nSPS) is 16.4. The Morgan fingerprint density at radius 2 is 2.05 bits per heavy atom. The van der Waals surface area contributed by atoms with Gasteiger partial charge < -0.3 is 19.6 Å². The molecule has 0 radical (unpaired) electrons. The maximum absolute atomic E-state index is 12.1. The van der Waals surface area contributed by atoms with Gasteiger partial charge in [0.1, 0.15) is 6.61 Å². The van der Waals surface area contributed by atoms with E-state index in [0.29, 0.717) is 25.9 Å². The quantitative estimate of drug-likeness (QED) is 0.789. The van der Waals surface area contributed by atoms with Crippen molar-refractivity contribution in [2.24, 2.45) is 0 Å². The van der Waals surface area contributed by atoms with Crippen LogP contribution >= 0.6 is 11.8 Å². The zero-order valence-electron chi connectivity index (χ0n) is 11.5. The van der Waals surface area contributed by atoms with E-state index in [2.05, 4.69) is 0 Å². The fourth-order valence-electron chi connectivity index (χ4n) is 1.97. The number of hydrogen-bond acceptors (Lipinski definition) is 4. The van der Waals surface area contributed by atoms with Crippen LogP contribution in [0.5, 0.6) is 0 Å². The lowest BCUT2D eigenvalue weighted by atomic mass is 10.1. The van der Waals surface area contributed by atoms with Crippen LogP contribution in [0.25, 0.3) is 0 Å². The molecule has 0 aromatic rings. The van der Waals surface area contributed by atoms with E-state index in [1.54, 1.807) is 21.6 Å². The van der Waals surface area contributed by atoms with E-state index in [4.69, 9.17) is 9.84 Å². The molecule has 0 bridgehead atoms. The number of rotatable bonds is 6. The molecule has 19 heavy (non-hydrogen) atoms. The second kappa shape index (κ2) is 8.27. The molecule has 7 heteroatoms. The number of nitrogens with zero attached hydrogens (tertiary/aromatic N) is 2. The van der Waals surface area contributed by atoms with E-state index < -0.39 is 5.97 Å². The Balaban J connectivity index is 2.28. The summed E-state index contributed by atoms with van der Waals surface area (Å²) < 4.78 is 5.24. The predicted octanol–water partition coefficient (Wildman–Crippen LogP) is 0.967. The molecule has 1 aliphatic heterocycles. The standard InChI is InChI=1S/C12H22N2O4S/c1-13(7-8-19-2)12(17)14-5-3-10(4-6-14)18-9-11(15)16/h10H,3-9H2,1-2H3,(H,15,16). The third kappa shape index (κ3) is 5.69. The monoisotopic (exact) mass is 290 g/mol. The van der Waals surface area contributed by atoms with Gasteiger partial charge in [0.2, 0.25) is 0 Å². The smallest absolute Gasteiger partial charge is 0.329 e. The molecule has 1 heterocycles. The summed E-state index contributed by atoms with van der Waals surface area (Å²) in [7, 11) is 1.81. The summed E-state index contributed by atoms with van der Waals surface area (Å²) in [5.41, 5.74) is 0. The van der Waals surface area contributed by atoms with Gasteiger partial charge in [-0.15, -0.1) is 0 Å². The van der Waals surface area contributed by atoms with Gasteiger partial charge in [0.25, 0.3) is 0 Å². The summed E-state index contributed by atoms with van der Waals surface area (Å²) in [6.45, 7) is 1.75. The van der Waals surface area contributed by atoms with E-state index in [-0.39, 0.29) is 18.7 Å². The first-order valence-electron chi connectivity index (χ1n) is 6.37. The molecule has 0 saturated carbocycles. The molecule has 6 nitrogen and oxygen atoms in total. The Morgan fingerprint density at radius 1 is 1.42 bits per heavy atom. The number of urea groups is 1. The number of amides is 2. The summed E-state index contributed by atoms with van der Waals surface area (Å²) in [5.74, 6) is -0.0178. The number of hydrogen-bond donors (Lipinski definition) is 1. The second-order valence-corrected chi connectivity index (χ2v) is 5.57. The van der Waals surface area contributed by atoms with Crippen LogP contribution < -0.4 is 0 Å². The molecule has 1 fully saturated rings. The van der Waals surface area contributed by atoms with Crippen molar-refractivity contribution in [1.29, 1.82) is 0 Å². The van der Waals surface area contributed by atoms with Crippen LogP contribution in [0.1, 0.15) is 12.8 Å². The number of carboxylic acids is 1. The first kappa shape index (κ1) is 16.1. The lowest BCUT2D eigenvalue weighted by molar-refractivity contribution is -0.145. The molecular formula is C12H22N2O4S. The molecule has 1 rings (SSSR count). The van der Waals surface area contributed by atoms with E-state index >= 15 is 0 Å². The van der Waals surface area contributed by atoms with Gasteiger partial charge in [-0.25, -0.2) is 9.59 Å². The Hall–Kier alpha value is -0.950. The number of carbonyl (C=O) groups is 2. The lowest BCUT2D eigenvalue weighted by Crippen LogP contribution is -2.47. The van der Waals surface area contributed by atoms with Crippen molar-refractivity contribution in [3.05, 3.63) is 0 Å². The minimum Gasteiger partial charge on any atom is -0.480 e. The molecule has 2 amide bonds. The van der Waals surface area contributed by atoms with Crippen LogP contribution in [-0.2, 0) is 9.53 Å². The fourth-order valence-corrected chi connectivity index (χ4v) is 2.42. The fraction of sp³-hybridized carbons (Fsp3) is 0.833. The van der Waals surface area contributed by atoms with Crippen molar-refractivity contribution in [1.82, 2.24) is 9.80 Å². The lowest BCUT2D eigenvalue weighted by Gasteiger charge is -2.34. The van der Waals surface area contributed by atoms with Crippen molar-refractivity contribution in [3.63, 3.8) is 0 Å². The highest BCUT2D eigenvalue weighted by molar-refractivity contribution is 7.98. The molecule has 0 unspecified atom stereocenters. The molecule has 0 aromatic heterocycles. The zero-order chi connectivity index (χ0) is 14.3. The summed E-state index contributed by atoms with van der Waals surface area (Å²) in [4.78, 5) is 26.0. The number of likely N-dealkylation sites (tertiary alicyclic amines) is 1. The van der Waals surface area contributed by atoms with Gasteiger partial charge in [-0.1, -0.05) is 0 Å². The molecular weight excluding hydrogens is 268 g/mol. The third-order valence-electron chi connectivity index (χ3n) is 3.11. The number of piperidine rings is 1. The molecule has 1 N–H and O–H groups in total. The minimum atomic E-state index is -0.949. The van der Waals surface area contributed by atoms with Crippen LogP contribution in [0.2, 0.25) is 0 Å². The molecule has 0 aromatic carbocycles. The molecule has 1 saturated heterocycles. The molecule has 0 atom stereocenters. The molecule has 0 spiro atoms. The first-order valence-corrected chi connectivity index (χ1v) is 7.76. The summed E-state index contributed by atoms with van der Waals surface area (Å²) >= 11 is 1.72. The van der Waals surface area contributed by atoms with Gasteiger partial charge >= 0.3 is 12.0 Å². The van der Waals surface area contributed by atoms with Crippen molar-refractivity contribution < 1.29 is 19.4 Å². The van der Waals surface area contributed by atoms with Gasteiger partial charge in [-0.2, -0.15) is 11.8 Å². The second-order valence-electron chi connectivity index (χ2n) is 4.59. The van der Waals surface area contributed by atoms with Crippen LogP contribution in [0.3, 0.4) is 0 Å². The summed E-state index contributed by atoms with van der Waals surface area (Å²) in [5, 5.41) is 8.54. The topological polar surface area (TPSA) is 70.1 Å². The Kier molecular flexibility index (Phi) is 7.01. The van der Waals surface area contributed by atoms with Gasteiger partial charge in [-0.3, -0.25) is 0 Å². The molecule has 110 valence electrons. The highest BCUT2D eigenvalue weighted by atomic mass is 32.2. The average molecular weight is 290 g/mol. The van der Waals surface area contributed by atoms with Crippen molar-refractivity contribution >= 4 is 23.8 Å². The van der Waals surface area contributed by atoms with Gasteiger partial charge in [-0.05, 0) is 19.1 Å². The van der Waals surface area contributed by atoms with Gasteiger partial charge in [0.15, 0.2) is 0 Å². The van der Waals surface area contributed by atoms with Gasteiger partial charge in [0.05, 0.1) is 6.10 Å². The van der Waals surface area contributed by atoms with Crippen LogP contribution in [0, 0.1) is 0 Å². The van der Waals surface area contributed by atoms with Crippen molar-refractivity contribution in [2.75, 3.05) is 45.3 Å². The molecule has 1 aliphatic rings. The largest absolute Gasteiger partial charge is 0.480 e. The Bertz CT molecular complexity index is 306. The van der Waals surface area contributed by atoms with E-state index in [9.17, 15) is 9.59 Å². The van der Waals surface area contributed by atoms with E-state index in [0.717, 1.165) is 12.3 Å². The van der Waals surface area contributed by atoms with Crippen LogP contribution in [0.15, 0.2) is 0 Å². The number of thioether (sulfide) groups is 1. The SMILES string of the molecule is CSCCN(C)C(=O)N1CCC(OCC(=O)O)CC1. The third-order valence-corrected chi connectivity index (χ3v) is 3.70. The number of carboxylic acid groups (broad SMARTS) is 1. The van der Waals surface area contributed by atoms with E-state index in [1.165, 1.54) is 0 Å². The van der Waals surface area contributed by atoms with Gasteiger partial charge in [0, 0.05) is 32.4 Å². The zero-order valence-corrected chi connectivity index (χ0v) is 12.3. The maximum atomic E-state index is 12.1. The minimum absolute atomic E-state index is 0.0448. The average Bonchev–Trinajstić information content (AvgIpc) is 2.42. The van der Waals surface area contributed by atoms with Crippen molar-refractivity contribution in [2.45, 2.75) is 18.9 Å². The van der Waals surface area contributed by atoms with Crippen LogP contribution in [0.4, 0.5) is 4.79 Å². The predicted molar refractivity (Wildman–Crippen MR) is 74.6 cm³/mol. The van der Waals surface area contributed by atoms with Crippen LogP contribution in [-0.4, -0.2) is 78.3 Å². The first-order chi connectivity index (χ1) is 9.04. The Labute approximate surface area is 118 Å². The van der Waals surface area contributed by atoms with E-state index in [1.807, 2.05) is 13.3 Å². The number of carbonyl (C=O) groups excluding carboxylic acids is 1. The number of ether oxygens (including phenoxy) is 1.